The zero-order valence-corrected chi connectivity index (χ0v) is 13.4. The number of esters is 1. The number of ether oxygens (including phenoxy) is 1. The third-order valence-corrected chi connectivity index (χ3v) is 8.02. The smallest absolute Gasteiger partial charge is 0.330 e. The van der Waals surface area contributed by atoms with Gasteiger partial charge in [0.1, 0.15) is 0 Å². The third-order valence-electron chi connectivity index (χ3n) is 3.47. The highest BCUT2D eigenvalue weighted by Crippen LogP contribution is 2.37. The normalized spacial score (nSPS) is 15.6. The van der Waals surface area contributed by atoms with E-state index in [1.807, 2.05) is 13.8 Å². The molecule has 0 amide bonds. The molecule has 1 atom stereocenters. The maximum absolute atomic E-state index is 11.1. The lowest BCUT2D eigenvalue weighted by molar-refractivity contribution is -0.134. The zero-order chi connectivity index (χ0) is 13.9. The van der Waals surface area contributed by atoms with Gasteiger partial charge in [0.2, 0.25) is 0 Å². The molecule has 0 aliphatic rings. The van der Waals surface area contributed by atoms with Gasteiger partial charge in [-0.25, -0.2) is 4.79 Å². The fourth-order valence-corrected chi connectivity index (χ4v) is 2.50. The first-order valence-electron chi connectivity index (χ1n) is 5.95. The molecule has 0 heterocycles. The molecule has 3 nitrogen and oxygen atoms in total. The van der Waals surface area contributed by atoms with E-state index in [0.29, 0.717) is 0 Å². The number of hydrogen-bond donors (Lipinski definition) is 0. The van der Waals surface area contributed by atoms with E-state index in [1.165, 1.54) is 13.2 Å². The van der Waals surface area contributed by atoms with Crippen LogP contribution in [0.2, 0.25) is 18.1 Å². The third kappa shape index (κ3) is 5.04. The van der Waals surface area contributed by atoms with Crippen LogP contribution in [-0.2, 0) is 14.0 Å². The number of hydrogen-bond acceptors (Lipinski definition) is 3. The van der Waals surface area contributed by atoms with Crippen LogP contribution in [0.5, 0.6) is 0 Å². The molecule has 100 valence electrons. The van der Waals surface area contributed by atoms with Crippen molar-refractivity contribution >= 4 is 14.3 Å². The van der Waals surface area contributed by atoms with Gasteiger partial charge < -0.3 is 9.16 Å². The quantitative estimate of drug-likeness (QED) is 0.440. The average molecular weight is 258 g/mol. The molecule has 0 fully saturated rings. The van der Waals surface area contributed by atoms with Crippen LogP contribution < -0.4 is 0 Å². The van der Waals surface area contributed by atoms with Crippen LogP contribution in [0.15, 0.2) is 11.6 Å². The molecule has 0 aliphatic carbocycles. The lowest BCUT2D eigenvalue weighted by Gasteiger charge is -2.38. The van der Waals surface area contributed by atoms with Gasteiger partial charge in [0, 0.05) is 6.08 Å². The average Bonchev–Trinajstić information content (AvgIpc) is 2.14. The maximum atomic E-state index is 11.1. The van der Waals surface area contributed by atoms with E-state index >= 15 is 0 Å². The summed E-state index contributed by atoms with van der Waals surface area (Å²) in [6.45, 7) is 14.9. The highest BCUT2D eigenvalue weighted by atomic mass is 28.4. The summed E-state index contributed by atoms with van der Waals surface area (Å²) in [5.74, 6) is -0.326. The number of rotatable bonds is 4. The molecule has 1 unspecified atom stereocenters. The summed E-state index contributed by atoms with van der Waals surface area (Å²) in [5.41, 5.74) is 0.904. The summed E-state index contributed by atoms with van der Waals surface area (Å²) in [5, 5.41) is 0.173. The minimum atomic E-state index is -1.78. The molecular weight excluding hydrogens is 232 g/mol. The van der Waals surface area contributed by atoms with Gasteiger partial charge in [-0.3, -0.25) is 0 Å². The van der Waals surface area contributed by atoms with Crippen molar-refractivity contribution in [1.82, 2.24) is 0 Å². The Hall–Kier alpha value is -0.613. The Morgan fingerprint density at radius 2 is 1.76 bits per heavy atom. The second-order valence-electron chi connectivity index (χ2n) is 5.93. The fourth-order valence-electron chi connectivity index (χ4n) is 1.07. The molecule has 0 saturated carbocycles. The van der Waals surface area contributed by atoms with E-state index in [4.69, 9.17) is 4.43 Å². The van der Waals surface area contributed by atoms with Crippen LogP contribution in [0.3, 0.4) is 0 Å². The number of carbonyl (C=O) groups is 1. The van der Waals surface area contributed by atoms with Crippen LogP contribution in [0, 0.1) is 0 Å². The van der Waals surface area contributed by atoms with Crippen molar-refractivity contribution in [3.63, 3.8) is 0 Å². The van der Waals surface area contributed by atoms with E-state index in [9.17, 15) is 4.79 Å². The van der Waals surface area contributed by atoms with Gasteiger partial charge in [0.15, 0.2) is 8.32 Å². The highest BCUT2D eigenvalue weighted by Gasteiger charge is 2.38. The van der Waals surface area contributed by atoms with E-state index in [-0.39, 0.29) is 17.1 Å². The van der Waals surface area contributed by atoms with Crippen molar-refractivity contribution in [2.75, 3.05) is 7.11 Å². The molecule has 0 bridgehead atoms. The Bertz CT molecular complexity index is 300. The van der Waals surface area contributed by atoms with Crippen LogP contribution in [-0.4, -0.2) is 27.5 Å². The number of methoxy groups -OCH3 is 1. The molecule has 0 rings (SSSR count). The van der Waals surface area contributed by atoms with Gasteiger partial charge in [-0.2, -0.15) is 0 Å². The standard InChI is InChI=1S/C13H26O3Si/c1-10(9-12(14)15-6)11(2)16-17(7,8)13(3,4)5/h9,11H,1-8H3/b10-9+. The molecule has 0 spiro atoms. The fraction of sp³-hybridized carbons (Fsp3) is 0.769. The van der Waals surface area contributed by atoms with Gasteiger partial charge in [-0.1, -0.05) is 20.8 Å². The van der Waals surface area contributed by atoms with E-state index in [1.54, 1.807) is 0 Å². The van der Waals surface area contributed by atoms with Gasteiger partial charge in [0.05, 0.1) is 13.2 Å². The number of carbonyl (C=O) groups excluding carboxylic acids is 1. The SMILES string of the molecule is COC(=O)/C=C(\C)C(C)O[Si](C)(C)C(C)(C)C. The largest absolute Gasteiger partial charge is 0.466 e. The van der Waals surface area contributed by atoms with Gasteiger partial charge in [-0.05, 0) is 37.6 Å². The first-order valence-corrected chi connectivity index (χ1v) is 8.86. The molecule has 0 radical (unpaired) electrons. The van der Waals surface area contributed by atoms with E-state index in [0.717, 1.165) is 5.57 Å². The molecule has 17 heavy (non-hydrogen) atoms. The minimum Gasteiger partial charge on any atom is -0.466 e. The Kier molecular flexibility index (Phi) is 5.61. The maximum Gasteiger partial charge on any atom is 0.330 e. The lowest BCUT2D eigenvalue weighted by atomic mass is 10.2. The summed E-state index contributed by atoms with van der Waals surface area (Å²) < 4.78 is 10.8. The molecule has 0 aromatic heterocycles. The molecule has 0 N–H and O–H groups in total. The van der Waals surface area contributed by atoms with Crippen molar-refractivity contribution in [1.29, 1.82) is 0 Å². The monoisotopic (exact) mass is 258 g/mol. The molecule has 4 heteroatoms. The topological polar surface area (TPSA) is 35.5 Å². The van der Waals surface area contributed by atoms with E-state index in [2.05, 4.69) is 38.6 Å². The van der Waals surface area contributed by atoms with Gasteiger partial charge in [0.25, 0.3) is 0 Å². The van der Waals surface area contributed by atoms with Gasteiger partial charge in [-0.15, -0.1) is 0 Å². The molecule has 0 aromatic rings. The summed E-state index contributed by atoms with van der Waals surface area (Å²) in [6, 6.07) is 0. The van der Waals surface area contributed by atoms with Crippen molar-refractivity contribution < 1.29 is 14.0 Å². The lowest BCUT2D eigenvalue weighted by Crippen LogP contribution is -2.43. The Balaban J connectivity index is 4.71. The Morgan fingerprint density at radius 1 is 1.29 bits per heavy atom. The minimum absolute atomic E-state index is 0.0463. The summed E-state index contributed by atoms with van der Waals surface area (Å²) in [4.78, 5) is 11.1. The van der Waals surface area contributed by atoms with Crippen molar-refractivity contribution in [2.24, 2.45) is 0 Å². The predicted molar refractivity (Wildman–Crippen MR) is 73.5 cm³/mol. The first-order chi connectivity index (χ1) is 7.51. The van der Waals surface area contributed by atoms with Crippen LogP contribution >= 0.6 is 0 Å². The van der Waals surface area contributed by atoms with Crippen LogP contribution in [0.25, 0.3) is 0 Å². The highest BCUT2D eigenvalue weighted by molar-refractivity contribution is 6.74. The summed E-state index contributed by atoms with van der Waals surface area (Å²) in [6.07, 6.45) is 1.45. The van der Waals surface area contributed by atoms with Gasteiger partial charge >= 0.3 is 5.97 Å². The Morgan fingerprint density at radius 3 is 2.12 bits per heavy atom. The first kappa shape index (κ1) is 16.4. The Labute approximate surface area is 106 Å². The predicted octanol–water partition coefficient (Wildman–Crippen LogP) is 3.52. The molecular formula is C13H26O3Si. The van der Waals surface area contributed by atoms with E-state index < -0.39 is 8.32 Å². The molecule has 0 aliphatic heterocycles. The molecule has 0 saturated heterocycles. The second-order valence-corrected chi connectivity index (χ2v) is 10.7. The second kappa shape index (κ2) is 5.82. The summed E-state index contributed by atoms with van der Waals surface area (Å²) >= 11 is 0. The molecule has 0 aromatic carbocycles. The van der Waals surface area contributed by atoms with Crippen molar-refractivity contribution in [2.45, 2.75) is 58.9 Å². The zero-order valence-electron chi connectivity index (χ0n) is 12.4. The van der Waals surface area contributed by atoms with Crippen molar-refractivity contribution in [3.8, 4) is 0 Å². The van der Waals surface area contributed by atoms with Crippen LogP contribution in [0.4, 0.5) is 0 Å². The summed E-state index contributed by atoms with van der Waals surface area (Å²) in [7, 11) is -0.405. The van der Waals surface area contributed by atoms with Crippen LogP contribution in [0.1, 0.15) is 34.6 Å². The van der Waals surface area contributed by atoms with Crippen molar-refractivity contribution in [3.05, 3.63) is 11.6 Å².